The quantitative estimate of drug-likeness (QED) is 0.753. The number of carboxylic acids is 1. The summed E-state index contributed by atoms with van der Waals surface area (Å²) < 4.78 is 0. The second kappa shape index (κ2) is 7.04. The summed E-state index contributed by atoms with van der Waals surface area (Å²) in [4.78, 5) is 27.5. The van der Waals surface area contributed by atoms with Gasteiger partial charge in [0.1, 0.15) is 10.9 Å². The van der Waals surface area contributed by atoms with Crippen molar-refractivity contribution < 1.29 is 14.7 Å². The lowest BCUT2D eigenvalue weighted by Gasteiger charge is -2.12. The van der Waals surface area contributed by atoms with Crippen LogP contribution in [0, 0.1) is 0 Å². The highest BCUT2D eigenvalue weighted by atomic mass is 32.1. The zero-order valence-corrected chi connectivity index (χ0v) is 11.9. The molecule has 5 nitrogen and oxygen atoms in total. The van der Waals surface area contributed by atoms with Crippen LogP contribution in [0.25, 0.3) is 0 Å². The van der Waals surface area contributed by atoms with E-state index in [0.29, 0.717) is 17.7 Å². The molecule has 1 aromatic heterocycles. The number of carbonyl (C=O) groups is 2. The Labute approximate surface area is 116 Å². The van der Waals surface area contributed by atoms with E-state index in [0.717, 1.165) is 5.01 Å². The van der Waals surface area contributed by atoms with E-state index in [-0.39, 0.29) is 11.8 Å². The lowest BCUT2D eigenvalue weighted by atomic mass is 10.1. The van der Waals surface area contributed by atoms with Crippen LogP contribution in [0.15, 0.2) is 18.9 Å². The van der Waals surface area contributed by atoms with Gasteiger partial charge in [-0.1, -0.05) is 19.9 Å². The summed E-state index contributed by atoms with van der Waals surface area (Å²) in [5.41, 5.74) is 0. The van der Waals surface area contributed by atoms with Gasteiger partial charge in [0.25, 0.3) is 5.91 Å². The van der Waals surface area contributed by atoms with Crippen molar-refractivity contribution in [3.63, 3.8) is 0 Å². The second-order valence-corrected chi connectivity index (χ2v) is 5.51. The van der Waals surface area contributed by atoms with E-state index in [1.54, 1.807) is 6.08 Å². The normalized spacial score (nSPS) is 12.2. The molecule has 0 aliphatic carbocycles. The van der Waals surface area contributed by atoms with Crippen LogP contribution in [0.5, 0.6) is 0 Å². The maximum Gasteiger partial charge on any atom is 0.326 e. The van der Waals surface area contributed by atoms with Crippen molar-refractivity contribution in [3.8, 4) is 0 Å². The molecule has 1 amide bonds. The number of nitrogens with one attached hydrogen (secondary N) is 1. The monoisotopic (exact) mass is 282 g/mol. The molecule has 6 heteroatoms. The van der Waals surface area contributed by atoms with Crippen molar-refractivity contribution in [2.45, 2.75) is 38.6 Å². The van der Waals surface area contributed by atoms with E-state index in [2.05, 4.69) is 16.9 Å². The van der Waals surface area contributed by atoms with Crippen molar-refractivity contribution in [3.05, 3.63) is 28.7 Å². The van der Waals surface area contributed by atoms with E-state index in [1.165, 1.54) is 17.5 Å². The number of carboxylic acid groups (broad SMARTS) is 1. The van der Waals surface area contributed by atoms with Crippen molar-refractivity contribution in [2.24, 2.45) is 0 Å². The van der Waals surface area contributed by atoms with Crippen LogP contribution in [0.1, 0.15) is 47.3 Å². The van der Waals surface area contributed by atoms with Crippen molar-refractivity contribution in [1.29, 1.82) is 0 Å². The molecule has 1 atom stereocenters. The zero-order chi connectivity index (χ0) is 14.4. The lowest BCUT2D eigenvalue weighted by molar-refractivity contribution is -0.139. The van der Waals surface area contributed by atoms with Gasteiger partial charge in [0.15, 0.2) is 0 Å². The van der Waals surface area contributed by atoms with E-state index in [4.69, 9.17) is 5.11 Å². The molecule has 2 N–H and O–H groups in total. The van der Waals surface area contributed by atoms with E-state index < -0.39 is 12.0 Å². The summed E-state index contributed by atoms with van der Waals surface area (Å²) in [6, 6.07) is -0.893. The fraction of sp³-hybridized carbons (Fsp3) is 0.462. The Morgan fingerprint density at radius 1 is 1.58 bits per heavy atom. The molecule has 0 saturated carbocycles. The van der Waals surface area contributed by atoms with Gasteiger partial charge in [-0.25, -0.2) is 9.78 Å². The van der Waals surface area contributed by atoms with E-state index >= 15 is 0 Å². The van der Waals surface area contributed by atoms with Gasteiger partial charge in [-0.3, -0.25) is 4.79 Å². The molecule has 0 bridgehead atoms. The maximum atomic E-state index is 11.9. The molecule has 0 spiro atoms. The van der Waals surface area contributed by atoms with Gasteiger partial charge >= 0.3 is 5.97 Å². The number of rotatable bonds is 7. The molecule has 0 saturated heterocycles. The Balaban J connectivity index is 2.70. The number of aliphatic carboxylic acids is 1. The van der Waals surface area contributed by atoms with Crippen LogP contribution in [0.4, 0.5) is 0 Å². The smallest absolute Gasteiger partial charge is 0.326 e. The number of thiazole rings is 1. The Kier molecular flexibility index (Phi) is 5.69. The second-order valence-electron chi connectivity index (χ2n) is 4.45. The number of hydrogen-bond donors (Lipinski definition) is 2. The number of carbonyl (C=O) groups excluding carboxylic acids is 1. The van der Waals surface area contributed by atoms with Crippen LogP contribution in [0.3, 0.4) is 0 Å². The molecule has 1 aromatic rings. The SMILES string of the molecule is C=CCCC(NC(=O)c1cnc(C(C)C)s1)C(=O)O. The van der Waals surface area contributed by atoms with E-state index in [1.807, 2.05) is 13.8 Å². The standard InChI is InChI=1S/C13H18N2O3S/c1-4-5-6-9(13(17)18)15-11(16)10-7-14-12(19-10)8(2)3/h4,7-9H,1,5-6H2,2-3H3,(H,15,16)(H,17,18). The Hall–Kier alpha value is -1.69. The molecule has 104 valence electrons. The van der Waals surface area contributed by atoms with Crippen LogP contribution in [0.2, 0.25) is 0 Å². The van der Waals surface area contributed by atoms with Gasteiger partial charge in [0.2, 0.25) is 0 Å². The van der Waals surface area contributed by atoms with Gasteiger partial charge in [-0.15, -0.1) is 17.9 Å². The molecular formula is C13H18N2O3S. The minimum absolute atomic E-state index is 0.252. The summed E-state index contributed by atoms with van der Waals surface area (Å²) in [5.74, 6) is -1.17. The molecule has 1 unspecified atom stereocenters. The first kappa shape index (κ1) is 15.4. The third-order valence-corrected chi connectivity index (χ3v) is 3.80. The first-order valence-corrected chi connectivity index (χ1v) is 6.87. The number of aromatic nitrogens is 1. The highest BCUT2D eigenvalue weighted by Gasteiger charge is 2.21. The summed E-state index contributed by atoms with van der Waals surface area (Å²) in [7, 11) is 0. The van der Waals surface area contributed by atoms with Gasteiger partial charge in [0.05, 0.1) is 11.2 Å². The first-order chi connectivity index (χ1) is 8.95. The Morgan fingerprint density at radius 3 is 2.74 bits per heavy atom. The molecule has 0 fully saturated rings. The summed E-state index contributed by atoms with van der Waals surface area (Å²) >= 11 is 1.29. The van der Waals surface area contributed by atoms with Crippen LogP contribution < -0.4 is 5.32 Å². The zero-order valence-electron chi connectivity index (χ0n) is 11.0. The van der Waals surface area contributed by atoms with Crippen LogP contribution >= 0.6 is 11.3 Å². The van der Waals surface area contributed by atoms with Crippen LogP contribution in [-0.4, -0.2) is 28.0 Å². The predicted octanol–water partition coefficient (Wildman–Crippen LogP) is 2.42. The number of amides is 1. The minimum atomic E-state index is -1.04. The molecule has 0 aliphatic heterocycles. The number of hydrogen-bond acceptors (Lipinski definition) is 4. The van der Waals surface area contributed by atoms with Gasteiger partial charge in [0, 0.05) is 5.92 Å². The first-order valence-electron chi connectivity index (χ1n) is 6.06. The Bertz CT molecular complexity index is 468. The van der Waals surface area contributed by atoms with E-state index in [9.17, 15) is 9.59 Å². The van der Waals surface area contributed by atoms with Crippen molar-refractivity contribution >= 4 is 23.2 Å². The molecule has 1 rings (SSSR count). The Morgan fingerprint density at radius 2 is 2.26 bits per heavy atom. The minimum Gasteiger partial charge on any atom is -0.480 e. The van der Waals surface area contributed by atoms with Gasteiger partial charge in [-0.2, -0.15) is 0 Å². The highest BCUT2D eigenvalue weighted by molar-refractivity contribution is 7.13. The molecule has 0 aromatic carbocycles. The van der Waals surface area contributed by atoms with Gasteiger partial charge in [-0.05, 0) is 12.8 Å². The molecule has 0 radical (unpaired) electrons. The summed E-state index contributed by atoms with van der Waals surface area (Å²) in [5, 5.41) is 12.4. The topological polar surface area (TPSA) is 79.3 Å². The highest BCUT2D eigenvalue weighted by Crippen LogP contribution is 2.21. The fourth-order valence-corrected chi connectivity index (χ4v) is 2.25. The summed E-state index contributed by atoms with van der Waals surface area (Å²) in [6.07, 6.45) is 3.99. The van der Waals surface area contributed by atoms with Crippen molar-refractivity contribution in [1.82, 2.24) is 10.3 Å². The third-order valence-electron chi connectivity index (χ3n) is 2.50. The number of allylic oxidation sites excluding steroid dienone is 1. The third kappa shape index (κ3) is 4.48. The average Bonchev–Trinajstić information content (AvgIpc) is 2.83. The average molecular weight is 282 g/mol. The molecule has 0 aliphatic rings. The summed E-state index contributed by atoms with van der Waals surface area (Å²) in [6.45, 7) is 7.52. The molecular weight excluding hydrogens is 264 g/mol. The molecule has 19 heavy (non-hydrogen) atoms. The predicted molar refractivity (Wildman–Crippen MR) is 74.5 cm³/mol. The largest absolute Gasteiger partial charge is 0.480 e. The molecule has 1 heterocycles. The lowest BCUT2D eigenvalue weighted by Crippen LogP contribution is -2.40. The van der Waals surface area contributed by atoms with Crippen LogP contribution in [-0.2, 0) is 4.79 Å². The number of nitrogens with zero attached hydrogens (tertiary/aromatic N) is 1. The fourth-order valence-electron chi connectivity index (χ4n) is 1.43. The van der Waals surface area contributed by atoms with Crippen molar-refractivity contribution in [2.75, 3.05) is 0 Å². The van der Waals surface area contributed by atoms with Gasteiger partial charge < -0.3 is 10.4 Å². The maximum absolute atomic E-state index is 11.9.